The van der Waals surface area contributed by atoms with E-state index < -0.39 is 0 Å². The third-order valence-electron chi connectivity index (χ3n) is 4.21. The van der Waals surface area contributed by atoms with E-state index in [0.717, 1.165) is 24.9 Å². The predicted octanol–water partition coefficient (Wildman–Crippen LogP) is 2.58. The lowest BCUT2D eigenvalue weighted by molar-refractivity contribution is -0.134. The van der Waals surface area contributed by atoms with Gasteiger partial charge in [0.05, 0.1) is 11.7 Å². The highest BCUT2D eigenvalue weighted by Gasteiger charge is 2.39. The lowest BCUT2D eigenvalue weighted by Gasteiger charge is -2.45. The van der Waals surface area contributed by atoms with E-state index in [2.05, 4.69) is 26.1 Å². The summed E-state index contributed by atoms with van der Waals surface area (Å²) < 4.78 is 6.18. The summed E-state index contributed by atoms with van der Waals surface area (Å²) in [5.41, 5.74) is 0.184. The normalized spacial score (nSPS) is 42.4. The Hall–Kier alpha value is -0.0800. The van der Waals surface area contributed by atoms with E-state index in [9.17, 15) is 0 Å². The van der Waals surface area contributed by atoms with Gasteiger partial charge in [0, 0.05) is 13.1 Å². The Morgan fingerprint density at radius 3 is 2.47 bits per heavy atom. The maximum atomic E-state index is 6.18. The number of hydrogen-bond acceptors (Lipinski definition) is 2. The molecule has 2 heteroatoms. The van der Waals surface area contributed by atoms with Crippen LogP contribution in [0.4, 0.5) is 0 Å². The van der Waals surface area contributed by atoms with Gasteiger partial charge in [0.1, 0.15) is 0 Å². The molecule has 88 valence electrons. The molecule has 0 radical (unpaired) electrons. The van der Waals surface area contributed by atoms with Crippen LogP contribution in [0.25, 0.3) is 0 Å². The first-order valence-corrected chi connectivity index (χ1v) is 6.50. The Kier molecular flexibility index (Phi) is 3.36. The van der Waals surface area contributed by atoms with Crippen molar-refractivity contribution in [2.75, 3.05) is 13.1 Å². The second-order valence-electron chi connectivity index (χ2n) is 5.82. The molecule has 2 aliphatic rings. The molecule has 0 bridgehead atoms. The molecule has 2 fully saturated rings. The quantitative estimate of drug-likeness (QED) is 0.720. The van der Waals surface area contributed by atoms with E-state index in [1.165, 1.54) is 25.7 Å². The summed E-state index contributed by atoms with van der Waals surface area (Å²) in [7, 11) is 0. The van der Waals surface area contributed by atoms with Gasteiger partial charge in [-0.05, 0) is 44.4 Å². The maximum Gasteiger partial charge on any atom is 0.0810 e. The van der Waals surface area contributed by atoms with Crippen molar-refractivity contribution in [1.29, 1.82) is 0 Å². The SMILES string of the molecule is CC1CNCC2(CCC(C(C)C)CC2)O1. The zero-order chi connectivity index (χ0) is 10.9. The fraction of sp³-hybridized carbons (Fsp3) is 1.00. The van der Waals surface area contributed by atoms with Gasteiger partial charge in [-0.15, -0.1) is 0 Å². The summed E-state index contributed by atoms with van der Waals surface area (Å²) in [6.45, 7) is 8.98. The number of rotatable bonds is 1. The summed E-state index contributed by atoms with van der Waals surface area (Å²) in [5, 5.41) is 3.51. The molecule has 1 saturated carbocycles. The van der Waals surface area contributed by atoms with Crippen molar-refractivity contribution in [1.82, 2.24) is 5.32 Å². The van der Waals surface area contributed by atoms with E-state index in [0.29, 0.717) is 6.10 Å². The Morgan fingerprint density at radius 2 is 1.93 bits per heavy atom. The number of nitrogens with one attached hydrogen (secondary N) is 1. The molecule has 15 heavy (non-hydrogen) atoms. The van der Waals surface area contributed by atoms with Crippen LogP contribution in [-0.4, -0.2) is 24.8 Å². The monoisotopic (exact) mass is 211 g/mol. The van der Waals surface area contributed by atoms with Crippen molar-refractivity contribution in [2.45, 2.75) is 58.2 Å². The molecule has 0 aromatic heterocycles. The van der Waals surface area contributed by atoms with Gasteiger partial charge in [-0.2, -0.15) is 0 Å². The predicted molar refractivity (Wildman–Crippen MR) is 62.9 cm³/mol. The molecule has 1 atom stereocenters. The summed E-state index contributed by atoms with van der Waals surface area (Å²) in [6, 6.07) is 0. The van der Waals surface area contributed by atoms with Gasteiger partial charge >= 0.3 is 0 Å². The molecule has 0 aromatic carbocycles. The fourth-order valence-electron chi connectivity index (χ4n) is 3.14. The summed E-state index contributed by atoms with van der Waals surface area (Å²) >= 11 is 0. The lowest BCUT2D eigenvalue weighted by atomic mass is 9.74. The Bertz CT molecular complexity index is 207. The molecule has 1 aliphatic heterocycles. The van der Waals surface area contributed by atoms with Gasteiger partial charge in [-0.1, -0.05) is 13.8 Å². The standard InChI is InChI=1S/C13H25NO/c1-10(2)12-4-6-13(7-5-12)9-14-8-11(3)15-13/h10-12,14H,4-9H2,1-3H3. The van der Waals surface area contributed by atoms with Crippen molar-refractivity contribution in [3.8, 4) is 0 Å². The van der Waals surface area contributed by atoms with Crippen molar-refractivity contribution in [3.63, 3.8) is 0 Å². The van der Waals surface area contributed by atoms with Gasteiger partial charge in [0.25, 0.3) is 0 Å². The highest BCUT2D eigenvalue weighted by Crippen LogP contribution is 2.39. The second-order valence-corrected chi connectivity index (χ2v) is 5.82. The van der Waals surface area contributed by atoms with E-state index in [1.807, 2.05) is 0 Å². The minimum absolute atomic E-state index is 0.184. The summed E-state index contributed by atoms with van der Waals surface area (Å²) in [4.78, 5) is 0. The zero-order valence-corrected chi connectivity index (χ0v) is 10.4. The van der Waals surface area contributed by atoms with Crippen LogP contribution in [0.1, 0.15) is 46.5 Å². The first-order valence-electron chi connectivity index (χ1n) is 6.50. The van der Waals surface area contributed by atoms with Crippen LogP contribution < -0.4 is 5.32 Å². The molecular weight excluding hydrogens is 186 g/mol. The van der Waals surface area contributed by atoms with Gasteiger partial charge in [0.15, 0.2) is 0 Å². The molecule has 0 aromatic rings. The van der Waals surface area contributed by atoms with Gasteiger partial charge < -0.3 is 10.1 Å². The van der Waals surface area contributed by atoms with Crippen LogP contribution in [0.3, 0.4) is 0 Å². The lowest BCUT2D eigenvalue weighted by Crippen LogP contribution is -2.54. The number of morpholine rings is 1. The largest absolute Gasteiger partial charge is 0.369 e. The van der Waals surface area contributed by atoms with Gasteiger partial charge in [-0.3, -0.25) is 0 Å². The average molecular weight is 211 g/mol. The number of hydrogen-bond donors (Lipinski definition) is 1. The molecule has 2 nitrogen and oxygen atoms in total. The first-order chi connectivity index (χ1) is 7.11. The van der Waals surface area contributed by atoms with Crippen LogP contribution in [0, 0.1) is 11.8 Å². The fourth-order valence-corrected chi connectivity index (χ4v) is 3.14. The molecular formula is C13H25NO. The van der Waals surface area contributed by atoms with Crippen molar-refractivity contribution in [3.05, 3.63) is 0 Å². The highest BCUT2D eigenvalue weighted by molar-refractivity contribution is 4.93. The summed E-state index contributed by atoms with van der Waals surface area (Å²) in [5.74, 6) is 1.77. The van der Waals surface area contributed by atoms with Gasteiger partial charge in [0.2, 0.25) is 0 Å². The third kappa shape index (κ3) is 2.54. The second kappa shape index (κ2) is 4.42. The van der Waals surface area contributed by atoms with E-state index in [1.54, 1.807) is 0 Å². The molecule has 1 N–H and O–H groups in total. The third-order valence-corrected chi connectivity index (χ3v) is 4.21. The molecule has 1 heterocycles. The van der Waals surface area contributed by atoms with Crippen LogP contribution in [0.5, 0.6) is 0 Å². The molecule has 1 saturated heterocycles. The Morgan fingerprint density at radius 1 is 1.27 bits per heavy atom. The van der Waals surface area contributed by atoms with E-state index in [-0.39, 0.29) is 5.60 Å². The Labute approximate surface area is 93.8 Å². The molecule has 1 unspecified atom stereocenters. The molecule has 0 amide bonds. The minimum Gasteiger partial charge on any atom is -0.369 e. The van der Waals surface area contributed by atoms with Crippen LogP contribution in [0.15, 0.2) is 0 Å². The van der Waals surface area contributed by atoms with Crippen molar-refractivity contribution in [2.24, 2.45) is 11.8 Å². The van der Waals surface area contributed by atoms with Crippen molar-refractivity contribution >= 4 is 0 Å². The zero-order valence-electron chi connectivity index (χ0n) is 10.4. The number of ether oxygens (including phenoxy) is 1. The minimum atomic E-state index is 0.184. The van der Waals surface area contributed by atoms with Crippen LogP contribution >= 0.6 is 0 Å². The van der Waals surface area contributed by atoms with Crippen LogP contribution in [-0.2, 0) is 4.74 Å². The molecule has 1 aliphatic carbocycles. The highest BCUT2D eigenvalue weighted by atomic mass is 16.5. The maximum absolute atomic E-state index is 6.18. The van der Waals surface area contributed by atoms with Crippen molar-refractivity contribution < 1.29 is 4.74 Å². The van der Waals surface area contributed by atoms with E-state index >= 15 is 0 Å². The van der Waals surface area contributed by atoms with E-state index in [4.69, 9.17) is 4.74 Å². The smallest absolute Gasteiger partial charge is 0.0810 e. The Balaban J connectivity index is 1.90. The van der Waals surface area contributed by atoms with Crippen LogP contribution in [0.2, 0.25) is 0 Å². The first kappa shape index (κ1) is 11.4. The van der Waals surface area contributed by atoms with Gasteiger partial charge in [-0.25, -0.2) is 0 Å². The average Bonchev–Trinajstić information content (AvgIpc) is 2.18. The topological polar surface area (TPSA) is 21.3 Å². The summed E-state index contributed by atoms with van der Waals surface area (Å²) in [6.07, 6.45) is 5.62. The molecule has 2 rings (SSSR count). The molecule has 1 spiro atoms.